The number of allylic oxidation sites excluding steroid dienone is 3. The van der Waals surface area contributed by atoms with Crippen LogP contribution in [-0.2, 0) is 9.59 Å². The van der Waals surface area contributed by atoms with Crippen molar-refractivity contribution >= 4 is 80.7 Å². The van der Waals surface area contributed by atoms with Gasteiger partial charge in [0.25, 0.3) is 0 Å². The first-order valence-corrected chi connectivity index (χ1v) is 26.1. The van der Waals surface area contributed by atoms with E-state index in [0.29, 0.717) is 19.6 Å². The average molecular weight is 1060 g/mol. The topological polar surface area (TPSA) is 116 Å². The average Bonchev–Trinajstić information content (AvgIpc) is 4.12. The summed E-state index contributed by atoms with van der Waals surface area (Å²) >= 11 is 0. The van der Waals surface area contributed by atoms with Crippen molar-refractivity contribution in [2.75, 3.05) is 41.4 Å². The lowest BCUT2D eigenvalue weighted by Gasteiger charge is -2.17. The summed E-state index contributed by atoms with van der Waals surface area (Å²) in [4.78, 5) is 26.5. The molecule has 398 valence electrons. The van der Waals surface area contributed by atoms with E-state index in [0.717, 1.165) is 96.7 Å². The van der Waals surface area contributed by atoms with E-state index in [4.69, 9.17) is 9.47 Å². The van der Waals surface area contributed by atoms with E-state index < -0.39 is 0 Å². The normalized spacial score (nSPS) is 11.7. The predicted octanol–water partition coefficient (Wildman–Crippen LogP) is 15.3. The quantitative estimate of drug-likeness (QED) is 0.0374. The van der Waals surface area contributed by atoms with E-state index in [1.54, 1.807) is 30.0 Å². The molecule has 2 amide bonds. The number of carbonyl (C=O) groups excluding carboxylic acids is 2. The van der Waals surface area contributed by atoms with Crippen LogP contribution in [0.25, 0.3) is 44.1 Å². The van der Waals surface area contributed by atoms with Gasteiger partial charge in [-0.05, 0) is 155 Å². The molecule has 0 saturated carbocycles. The molecule has 12 heteroatoms. The van der Waals surface area contributed by atoms with Crippen molar-refractivity contribution < 1.29 is 19.1 Å². The second kappa shape index (κ2) is 30.8. The molecule has 0 spiro atoms. The van der Waals surface area contributed by atoms with Crippen LogP contribution in [0.4, 0.5) is 0 Å². The maximum Gasteiger partial charge on any atom is 0.245 e. The van der Waals surface area contributed by atoms with Crippen LogP contribution in [0.2, 0.25) is 0 Å². The number of ether oxygens (including phenoxy) is 2. The predicted molar refractivity (Wildman–Crippen MR) is 319 cm³/mol. The van der Waals surface area contributed by atoms with E-state index in [9.17, 15) is 9.59 Å². The molecule has 8 aromatic rings. The zero-order valence-corrected chi connectivity index (χ0v) is 46.5. The molecule has 0 atom stereocenters. The Hall–Kier alpha value is -7.40. The van der Waals surface area contributed by atoms with Gasteiger partial charge in [0.15, 0.2) is 0 Å². The van der Waals surface area contributed by atoms with Gasteiger partial charge in [-0.3, -0.25) is 19.8 Å². The molecule has 10 nitrogen and oxygen atoms in total. The lowest BCUT2D eigenvalue weighted by molar-refractivity contribution is -0.128. The van der Waals surface area contributed by atoms with Crippen LogP contribution in [0.15, 0.2) is 170 Å². The molecular weight excluding hydrogens is 988 g/mol. The van der Waals surface area contributed by atoms with Gasteiger partial charge in [-0.25, -0.2) is 0 Å². The zero-order valence-electron chi connectivity index (χ0n) is 44.9. The van der Waals surface area contributed by atoms with Crippen molar-refractivity contribution in [1.29, 1.82) is 0 Å². The summed E-state index contributed by atoms with van der Waals surface area (Å²) in [5, 5.41) is 16.7. The third kappa shape index (κ3) is 16.8. The number of carbonyl (C=O) groups is 2. The number of H-pyrrole nitrogens is 2. The van der Waals surface area contributed by atoms with Crippen molar-refractivity contribution in [3.05, 3.63) is 204 Å². The highest BCUT2D eigenvalue weighted by molar-refractivity contribution is 6.01. The fourth-order valence-electron chi connectivity index (χ4n) is 9.02. The molecule has 2 heterocycles. The van der Waals surface area contributed by atoms with E-state index in [1.807, 2.05) is 32.6 Å². The van der Waals surface area contributed by atoms with Crippen LogP contribution >= 0.6 is 24.8 Å². The summed E-state index contributed by atoms with van der Waals surface area (Å²) in [5.41, 5.74) is 14.3. The van der Waals surface area contributed by atoms with Gasteiger partial charge < -0.3 is 19.3 Å². The molecule has 0 radical (unpaired) electrons. The molecule has 0 bridgehead atoms. The Balaban J connectivity index is 0.000000274. The van der Waals surface area contributed by atoms with Crippen LogP contribution in [-0.4, -0.2) is 83.4 Å². The number of aromatic nitrogens is 4. The molecule has 0 aliphatic rings. The monoisotopic (exact) mass is 1060 g/mol. The lowest BCUT2D eigenvalue weighted by atomic mass is 9.88. The molecule has 76 heavy (non-hydrogen) atoms. The number of unbranched alkanes of at least 4 members (excludes halogenated alkanes) is 5. The summed E-state index contributed by atoms with van der Waals surface area (Å²) < 4.78 is 12.0. The number of nitrogens with one attached hydrogen (secondary N) is 2. The molecule has 6 aromatic carbocycles. The number of likely N-dealkylation sites (N-methyl/N-ethyl adjacent to an activating group) is 1. The molecule has 0 aliphatic heterocycles. The van der Waals surface area contributed by atoms with Crippen LogP contribution in [0, 0.1) is 0 Å². The maximum absolute atomic E-state index is 11.7. The number of nitrogens with zero attached hydrogens (tertiary/aromatic N) is 4. The zero-order chi connectivity index (χ0) is 52.1. The van der Waals surface area contributed by atoms with E-state index in [-0.39, 0.29) is 36.6 Å². The Morgan fingerprint density at radius 1 is 0.500 bits per heavy atom. The number of rotatable bonds is 23. The Labute approximate surface area is 462 Å². The summed E-state index contributed by atoms with van der Waals surface area (Å²) in [7, 11) is 7.13. The number of hydrogen-bond acceptors (Lipinski definition) is 6. The van der Waals surface area contributed by atoms with Crippen LogP contribution in [0.1, 0.15) is 111 Å². The molecule has 2 aromatic heterocycles. The Kier molecular flexibility index (Phi) is 24.1. The van der Waals surface area contributed by atoms with Crippen molar-refractivity contribution in [3.8, 4) is 11.5 Å². The molecule has 0 aliphatic carbocycles. The fourth-order valence-corrected chi connectivity index (χ4v) is 9.02. The van der Waals surface area contributed by atoms with Crippen LogP contribution in [0.3, 0.4) is 0 Å². The van der Waals surface area contributed by atoms with Crippen LogP contribution in [0.5, 0.6) is 11.5 Å². The number of amides is 2. The van der Waals surface area contributed by atoms with Crippen molar-refractivity contribution in [2.45, 2.75) is 78.1 Å². The van der Waals surface area contributed by atoms with Gasteiger partial charge in [0.2, 0.25) is 11.8 Å². The van der Waals surface area contributed by atoms with Gasteiger partial charge in [-0.15, -0.1) is 24.8 Å². The minimum absolute atomic E-state index is 0. The Bertz CT molecular complexity index is 3120. The Morgan fingerprint density at radius 3 is 1.37 bits per heavy atom. The molecule has 2 N–H and O–H groups in total. The highest BCUT2D eigenvalue weighted by Gasteiger charge is 2.16. The van der Waals surface area contributed by atoms with E-state index >= 15 is 0 Å². The third-order valence-corrected chi connectivity index (χ3v) is 13.1. The smallest absolute Gasteiger partial charge is 0.245 e. The molecule has 0 unspecified atom stereocenters. The highest BCUT2D eigenvalue weighted by Crippen LogP contribution is 2.38. The summed E-state index contributed by atoms with van der Waals surface area (Å²) in [6, 6.07) is 51.0. The summed E-state index contributed by atoms with van der Waals surface area (Å²) in [5.74, 6) is 1.97. The minimum atomic E-state index is 0. The first-order valence-electron chi connectivity index (χ1n) is 26.1. The van der Waals surface area contributed by atoms with Gasteiger partial charge >= 0.3 is 0 Å². The number of halogens is 2. The molecule has 0 saturated heterocycles. The van der Waals surface area contributed by atoms with Crippen LogP contribution < -0.4 is 9.47 Å². The first-order chi connectivity index (χ1) is 36.1. The van der Waals surface area contributed by atoms with E-state index in [1.165, 1.54) is 50.1 Å². The first kappa shape index (κ1) is 59.5. The molecular formula is C64H74Cl2N6O4. The maximum atomic E-state index is 11.7. The second-order valence-corrected chi connectivity index (χ2v) is 18.8. The van der Waals surface area contributed by atoms with Gasteiger partial charge in [0.05, 0.1) is 36.6 Å². The van der Waals surface area contributed by atoms with Crippen molar-refractivity contribution in [2.24, 2.45) is 0 Å². The number of fused-ring (bicyclic) bond motifs is 2. The number of hydrogen-bond donors (Lipinski definition) is 2. The second-order valence-electron chi connectivity index (χ2n) is 18.8. The standard InChI is InChI=1S/C32H37N3O2.C32H35N3O2.2ClH/c2*1-4-29(24-12-8-7-9-13-24)32(26-17-20-30-27(22-26)23-33-34-30)25-15-18-28(19-16-25)37-21-11-6-5-10-14-31(36)35(2)3;;/h7-9,12-13,15-20,22-23H,4-6,10-11,14,21H2,1-3H3,(H,33,34);7-10,12-20,22-23H,4-6,11,21H2,1-3H3,(H,33,34);2*1H/b32-29+;14-10+,32-29+;;. The SMILES string of the molecule is CC/C(=C(/c1ccc(OCCCC/C=C/C(=O)N(C)C)cc1)c1ccc2[nH]ncc2c1)c1ccccc1.CC/C(=C(/c1ccc(OCCCCCCC(=O)N(C)C)cc1)c1ccc2[nH]ncc2c1)c1ccccc1.Cl.Cl. The van der Waals surface area contributed by atoms with Gasteiger partial charge in [0.1, 0.15) is 11.5 Å². The molecule has 0 fully saturated rings. The number of benzene rings is 6. The Morgan fingerprint density at radius 2 is 0.934 bits per heavy atom. The van der Waals surface area contributed by atoms with E-state index in [2.05, 4.69) is 180 Å². The lowest BCUT2D eigenvalue weighted by Crippen LogP contribution is -2.20. The van der Waals surface area contributed by atoms with Gasteiger partial charge in [-0.1, -0.05) is 130 Å². The summed E-state index contributed by atoms with van der Waals surface area (Å²) in [6.07, 6.45) is 16.6. The van der Waals surface area contributed by atoms with Crippen molar-refractivity contribution in [3.63, 3.8) is 0 Å². The third-order valence-electron chi connectivity index (χ3n) is 13.1. The van der Waals surface area contributed by atoms with Crippen molar-refractivity contribution in [1.82, 2.24) is 30.2 Å². The number of aromatic amines is 2. The minimum Gasteiger partial charge on any atom is -0.494 e. The largest absolute Gasteiger partial charge is 0.494 e. The highest BCUT2D eigenvalue weighted by atomic mass is 35.5. The molecule has 8 rings (SSSR count). The summed E-state index contributed by atoms with van der Waals surface area (Å²) in [6.45, 7) is 5.76. The van der Waals surface area contributed by atoms with Gasteiger partial charge in [-0.2, -0.15) is 10.2 Å². The fraction of sp³-hybridized carbons (Fsp3) is 0.281. The van der Waals surface area contributed by atoms with Gasteiger partial charge in [0, 0.05) is 45.4 Å².